The van der Waals surface area contributed by atoms with Gasteiger partial charge in [0, 0.05) is 13.7 Å². The maximum absolute atomic E-state index is 11.7. The minimum atomic E-state index is -0.294. The van der Waals surface area contributed by atoms with E-state index in [4.69, 9.17) is 10.5 Å². The number of rotatable bonds is 7. The molecule has 0 atom stereocenters. The Kier molecular flexibility index (Phi) is 5.98. The lowest BCUT2D eigenvalue weighted by molar-refractivity contribution is -0.126. The molecule has 0 aromatic carbocycles. The summed E-state index contributed by atoms with van der Waals surface area (Å²) >= 11 is 0. The zero-order valence-electron chi connectivity index (χ0n) is 12.0. The molecule has 20 heavy (non-hydrogen) atoms. The van der Waals surface area contributed by atoms with Crippen LogP contribution in [0.2, 0.25) is 0 Å². The van der Waals surface area contributed by atoms with Crippen LogP contribution in [0.3, 0.4) is 0 Å². The summed E-state index contributed by atoms with van der Waals surface area (Å²) in [6.07, 6.45) is 0. The third kappa shape index (κ3) is 4.54. The Bertz CT molecular complexity index is 484. The predicted octanol–water partition coefficient (Wildman–Crippen LogP) is -1.04. The minimum Gasteiger partial charge on any atom is -0.396 e. The van der Waals surface area contributed by atoms with Crippen LogP contribution in [0.1, 0.15) is 11.4 Å². The van der Waals surface area contributed by atoms with Gasteiger partial charge in [-0.1, -0.05) is 0 Å². The first kappa shape index (κ1) is 16.0. The van der Waals surface area contributed by atoms with Gasteiger partial charge in [0.2, 0.25) is 11.8 Å². The van der Waals surface area contributed by atoms with Gasteiger partial charge in [-0.15, -0.1) is 0 Å². The lowest BCUT2D eigenvalue weighted by Crippen LogP contribution is -2.39. The molecule has 2 amide bonds. The average molecular weight is 283 g/mol. The topological polar surface area (TPSA) is 111 Å². The second kappa shape index (κ2) is 7.49. The van der Waals surface area contributed by atoms with Crippen LogP contribution < -0.4 is 16.4 Å². The number of ether oxygens (including phenoxy) is 1. The molecular formula is C12H21N5O3. The maximum atomic E-state index is 11.7. The van der Waals surface area contributed by atoms with Gasteiger partial charge in [0.15, 0.2) is 0 Å². The second-order valence-electron chi connectivity index (χ2n) is 4.36. The number of aromatic nitrogens is 2. The molecule has 0 saturated carbocycles. The number of carbonyl (C=O) groups excluding carboxylic acids is 2. The number of amides is 2. The quantitative estimate of drug-likeness (QED) is 0.554. The van der Waals surface area contributed by atoms with Gasteiger partial charge < -0.3 is 21.1 Å². The Morgan fingerprint density at radius 1 is 1.30 bits per heavy atom. The Morgan fingerprint density at radius 2 is 2.00 bits per heavy atom. The van der Waals surface area contributed by atoms with Crippen LogP contribution >= 0.6 is 0 Å². The molecule has 1 rings (SSSR count). The third-order valence-electron chi connectivity index (χ3n) is 2.81. The maximum Gasteiger partial charge on any atom is 0.242 e. The molecule has 4 N–H and O–H groups in total. The summed E-state index contributed by atoms with van der Waals surface area (Å²) in [7, 11) is 1.55. The second-order valence-corrected chi connectivity index (χ2v) is 4.36. The molecule has 1 aromatic rings. The molecule has 0 bridgehead atoms. The SMILES string of the molecule is COCCNC(=O)CNC(=O)Cn1nc(C)c(N)c1C. The lowest BCUT2D eigenvalue weighted by atomic mass is 10.3. The Morgan fingerprint density at radius 3 is 2.55 bits per heavy atom. The molecule has 0 aliphatic heterocycles. The Balaban J connectivity index is 2.36. The first-order chi connectivity index (χ1) is 9.45. The molecule has 0 unspecified atom stereocenters. The van der Waals surface area contributed by atoms with Crippen LogP contribution in [-0.4, -0.2) is 48.4 Å². The van der Waals surface area contributed by atoms with Crippen molar-refractivity contribution in [2.75, 3.05) is 32.5 Å². The van der Waals surface area contributed by atoms with E-state index in [1.54, 1.807) is 21.0 Å². The van der Waals surface area contributed by atoms with Gasteiger partial charge in [-0.25, -0.2) is 0 Å². The summed E-state index contributed by atoms with van der Waals surface area (Å²) in [5, 5.41) is 9.28. The van der Waals surface area contributed by atoms with Crippen molar-refractivity contribution in [1.29, 1.82) is 0 Å². The monoisotopic (exact) mass is 283 g/mol. The molecule has 0 fully saturated rings. The van der Waals surface area contributed by atoms with Crippen molar-refractivity contribution >= 4 is 17.5 Å². The number of nitrogens with two attached hydrogens (primary N) is 1. The van der Waals surface area contributed by atoms with E-state index in [-0.39, 0.29) is 24.9 Å². The molecule has 0 aliphatic rings. The molecule has 1 aromatic heterocycles. The van der Waals surface area contributed by atoms with Gasteiger partial charge in [-0.3, -0.25) is 14.3 Å². The summed E-state index contributed by atoms with van der Waals surface area (Å²) < 4.78 is 6.31. The highest BCUT2D eigenvalue weighted by atomic mass is 16.5. The first-order valence-corrected chi connectivity index (χ1v) is 6.27. The Hall–Kier alpha value is -2.09. The molecule has 8 heteroatoms. The molecule has 112 valence electrons. The van der Waals surface area contributed by atoms with Crippen LogP contribution in [0.15, 0.2) is 0 Å². The summed E-state index contributed by atoms with van der Waals surface area (Å²) in [5.41, 5.74) is 7.78. The van der Waals surface area contributed by atoms with Crippen LogP contribution in [0.5, 0.6) is 0 Å². The zero-order valence-corrected chi connectivity index (χ0v) is 12.0. The van der Waals surface area contributed by atoms with E-state index in [1.807, 2.05) is 0 Å². The molecule has 0 saturated heterocycles. The van der Waals surface area contributed by atoms with E-state index in [0.29, 0.717) is 24.5 Å². The first-order valence-electron chi connectivity index (χ1n) is 6.27. The van der Waals surface area contributed by atoms with Crippen molar-refractivity contribution in [2.24, 2.45) is 0 Å². The molecule has 1 heterocycles. The van der Waals surface area contributed by atoms with Gasteiger partial charge in [-0.2, -0.15) is 5.10 Å². The fourth-order valence-corrected chi connectivity index (χ4v) is 1.59. The third-order valence-corrected chi connectivity index (χ3v) is 2.81. The fraction of sp³-hybridized carbons (Fsp3) is 0.583. The Labute approximate surface area is 117 Å². The zero-order chi connectivity index (χ0) is 15.1. The van der Waals surface area contributed by atoms with Crippen LogP contribution in [0.25, 0.3) is 0 Å². The van der Waals surface area contributed by atoms with Gasteiger partial charge in [-0.05, 0) is 13.8 Å². The normalized spacial score (nSPS) is 10.3. The number of nitrogens with zero attached hydrogens (tertiary/aromatic N) is 2. The van der Waals surface area contributed by atoms with Crippen molar-refractivity contribution in [1.82, 2.24) is 20.4 Å². The number of carbonyl (C=O) groups is 2. The number of methoxy groups -OCH3 is 1. The van der Waals surface area contributed by atoms with E-state index in [9.17, 15) is 9.59 Å². The van der Waals surface area contributed by atoms with Gasteiger partial charge >= 0.3 is 0 Å². The van der Waals surface area contributed by atoms with E-state index in [2.05, 4.69) is 15.7 Å². The highest BCUT2D eigenvalue weighted by Crippen LogP contribution is 2.14. The lowest BCUT2D eigenvalue weighted by Gasteiger charge is -2.07. The summed E-state index contributed by atoms with van der Waals surface area (Å²) in [4.78, 5) is 23.1. The van der Waals surface area contributed by atoms with Crippen molar-refractivity contribution in [3.8, 4) is 0 Å². The molecular weight excluding hydrogens is 262 g/mol. The van der Waals surface area contributed by atoms with Crippen molar-refractivity contribution in [3.63, 3.8) is 0 Å². The minimum absolute atomic E-state index is 0.0369. The number of hydrogen-bond donors (Lipinski definition) is 3. The van der Waals surface area contributed by atoms with Crippen molar-refractivity contribution in [2.45, 2.75) is 20.4 Å². The molecule has 0 aliphatic carbocycles. The van der Waals surface area contributed by atoms with E-state index < -0.39 is 0 Å². The predicted molar refractivity (Wildman–Crippen MR) is 74.0 cm³/mol. The van der Waals surface area contributed by atoms with E-state index in [0.717, 1.165) is 5.69 Å². The van der Waals surface area contributed by atoms with E-state index in [1.165, 1.54) is 4.68 Å². The van der Waals surface area contributed by atoms with Gasteiger partial charge in [0.05, 0.1) is 30.2 Å². The smallest absolute Gasteiger partial charge is 0.242 e. The van der Waals surface area contributed by atoms with Gasteiger partial charge in [0.1, 0.15) is 6.54 Å². The van der Waals surface area contributed by atoms with Gasteiger partial charge in [0.25, 0.3) is 0 Å². The van der Waals surface area contributed by atoms with E-state index >= 15 is 0 Å². The number of anilines is 1. The van der Waals surface area contributed by atoms with Crippen LogP contribution in [0, 0.1) is 13.8 Å². The van der Waals surface area contributed by atoms with Crippen molar-refractivity contribution < 1.29 is 14.3 Å². The fourth-order valence-electron chi connectivity index (χ4n) is 1.59. The number of aryl methyl sites for hydroxylation is 1. The largest absolute Gasteiger partial charge is 0.396 e. The number of nitrogens with one attached hydrogen (secondary N) is 2. The van der Waals surface area contributed by atoms with Crippen LogP contribution in [-0.2, 0) is 20.9 Å². The highest BCUT2D eigenvalue weighted by molar-refractivity contribution is 5.84. The van der Waals surface area contributed by atoms with Crippen molar-refractivity contribution in [3.05, 3.63) is 11.4 Å². The number of hydrogen-bond acceptors (Lipinski definition) is 5. The van der Waals surface area contributed by atoms with Crippen LogP contribution in [0.4, 0.5) is 5.69 Å². The highest BCUT2D eigenvalue weighted by Gasteiger charge is 2.12. The molecule has 8 nitrogen and oxygen atoms in total. The number of nitrogen functional groups attached to an aromatic ring is 1. The summed E-state index contributed by atoms with van der Waals surface area (Å²) in [6, 6.07) is 0. The average Bonchev–Trinajstić information content (AvgIpc) is 2.64. The molecule has 0 spiro atoms. The summed E-state index contributed by atoms with van der Waals surface area (Å²) in [5.74, 6) is -0.555. The summed E-state index contributed by atoms with van der Waals surface area (Å²) in [6.45, 7) is 4.39. The standard InChI is InChI=1S/C12H21N5O3/c1-8-12(13)9(2)17(16-8)7-11(19)15-6-10(18)14-4-5-20-3/h4-7,13H2,1-3H3,(H,14,18)(H,15,19). The molecule has 0 radical (unpaired) electrons.